The summed E-state index contributed by atoms with van der Waals surface area (Å²) in [6.45, 7) is 6.11. The number of nitrogens with one attached hydrogen (secondary N) is 3. The number of hydrogen-bond donors (Lipinski definition) is 3. The summed E-state index contributed by atoms with van der Waals surface area (Å²) in [5.41, 5.74) is 0.790. The maximum atomic E-state index is 11.4. The lowest BCUT2D eigenvalue weighted by molar-refractivity contribution is -0.117. The summed E-state index contributed by atoms with van der Waals surface area (Å²) in [5, 5.41) is 9.06. The first-order valence-electron chi connectivity index (χ1n) is 4.66. The van der Waals surface area contributed by atoms with Gasteiger partial charge in [0.1, 0.15) is 11.2 Å². The molecule has 0 aromatic carbocycles. The molecule has 1 aliphatic rings. The molecule has 1 atom stereocenters. The van der Waals surface area contributed by atoms with Crippen molar-refractivity contribution in [1.82, 2.24) is 16.0 Å². The molecule has 0 aromatic rings. The third-order valence-corrected chi connectivity index (χ3v) is 2.91. The van der Waals surface area contributed by atoms with Gasteiger partial charge in [0.2, 0.25) is 0 Å². The van der Waals surface area contributed by atoms with Crippen LogP contribution in [-0.4, -0.2) is 24.5 Å². The topological polar surface area (TPSA) is 53.2 Å². The molecule has 1 aliphatic heterocycles. The van der Waals surface area contributed by atoms with E-state index >= 15 is 0 Å². The van der Waals surface area contributed by atoms with Gasteiger partial charge in [0.15, 0.2) is 0 Å². The quantitative estimate of drug-likeness (QED) is 0.645. The van der Waals surface area contributed by atoms with Crippen LogP contribution in [0.5, 0.6) is 0 Å². The molecule has 3 N–H and O–H groups in total. The normalized spacial score (nSPS) is 21.4. The van der Waals surface area contributed by atoms with Gasteiger partial charge in [-0.2, -0.15) is 0 Å². The summed E-state index contributed by atoms with van der Waals surface area (Å²) in [4.78, 5) is 12.4. The van der Waals surface area contributed by atoms with Crippen LogP contribution in [0.15, 0.2) is 10.6 Å². The van der Waals surface area contributed by atoms with Crippen molar-refractivity contribution in [2.75, 3.05) is 7.05 Å². The van der Waals surface area contributed by atoms with Crippen molar-refractivity contribution in [3.63, 3.8) is 0 Å². The molecule has 0 radical (unpaired) electrons. The fourth-order valence-corrected chi connectivity index (χ4v) is 2.37. The number of hydrogen-bond acceptors (Lipinski definition) is 4. The molecule has 4 nitrogen and oxygen atoms in total. The van der Waals surface area contributed by atoms with Crippen molar-refractivity contribution in [1.29, 1.82) is 0 Å². The van der Waals surface area contributed by atoms with Crippen molar-refractivity contribution < 1.29 is 4.79 Å². The summed E-state index contributed by atoms with van der Waals surface area (Å²) in [5.74, 6) is -0.0527. The van der Waals surface area contributed by atoms with Gasteiger partial charge in [-0.05, 0) is 20.8 Å². The Morgan fingerprint density at radius 1 is 1.57 bits per heavy atom. The Balaban J connectivity index is 2.56. The van der Waals surface area contributed by atoms with Crippen LogP contribution >= 0.6 is 11.8 Å². The maximum Gasteiger partial charge on any atom is 0.267 e. The average Bonchev–Trinajstić information content (AvgIpc) is 2.44. The van der Waals surface area contributed by atoms with E-state index in [1.54, 1.807) is 18.8 Å². The Morgan fingerprint density at radius 2 is 2.21 bits per heavy atom. The molecule has 5 heteroatoms. The molecular formula is C9H17N3OS. The average molecular weight is 215 g/mol. The van der Waals surface area contributed by atoms with Gasteiger partial charge in [0.05, 0.1) is 0 Å². The van der Waals surface area contributed by atoms with E-state index in [1.165, 1.54) is 0 Å². The molecule has 1 heterocycles. The third kappa shape index (κ3) is 2.65. The van der Waals surface area contributed by atoms with Crippen LogP contribution in [0.2, 0.25) is 0 Å². The van der Waals surface area contributed by atoms with E-state index in [2.05, 4.69) is 29.8 Å². The highest BCUT2D eigenvalue weighted by molar-refractivity contribution is 8.03. The zero-order valence-corrected chi connectivity index (χ0v) is 9.79. The minimum atomic E-state index is -0.0527. The second kappa shape index (κ2) is 4.70. The van der Waals surface area contributed by atoms with E-state index < -0.39 is 0 Å². The van der Waals surface area contributed by atoms with Gasteiger partial charge < -0.3 is 10.6 Å². The lowest BCUT2D eigenvalue weighted by Crippen LogP contribution is -2.42. The van der Waals surface area contributed by atoms with Crippen LogP contribution < -0.4 is 16.0 Å². The molecule has 0 bridgehead atoms. The van der Waals surface area contributed by atoms with E-state index in [1.807, 2.05) is 6.92 Å². The van der Waals surface area contributed by atoms with Crippen LogP contribution in [0.25, 0.3) is 0 Å². The first-order valence-corrected chi connectivity index (χ1v) is 5.54. The van der Waals surface area contributed by atoms with Crippen LogP contribution in [0.4, 0.5) is 0 Å². The monoisotopic (exact) mass is 215 g/mol. The lowest BCUT2D eigenvalue weighted by Gasteiger charge is -2.16. The Hall–Kier alpha value is -0.680. The number of carbonyl (C=O) groups is 1. The smallest absolute Gasteiger partial charge is 0.267 e. The van der Waals surface area contributed by atoms with E-state index in [0.717, 1.165) is 4.91 Å². The SMILES string of the molecule is CNC(=O)C1=C(C)SC(NC(C)C)N1. The molecule has 0 aliphatic carbocycles. The van der Waals surface area contributed by atoms with Crippen molar-refractivity contribution in [2.45, 2.75) is 32.3 Å². The molecule has 80 valence electrons. The molecule has 1 amide bonds. The highest BCUT2D eigenvalue weighted by Gasteiger charge is 2.25. The zero-order chi connectivity index (χ0) is 10.7. The van der Waals surface area contributed by atoms with Gasteiger partial charge in [-0.3, -0.25) is 10.1 Å². The van der Waals surface area contributed by atoms with Gasteiger partial charge >= 0.3 is 0 Å². The van der Waals surface area contributed by atoms with Gasteiger partial charge in [0, 0.05) is 18.0 Å². The molecule has 0 aromatic heterocycles. The van der Waals surface area contributed by atoms with Gasteiger partial charge in [-0.15, -0.1) is 0 Å². The van der Waals surface area contributed by atoms with Crippen molar-refractivity contribution in [3.8, 4) is 0 Å². The first kappa shape index (κ1) is 11.4. The Labute approximate surface area is 88.9 Å². The van der Waals surface area contributed by atoms with Gasteiger partial charge in [-0.1, -0.05) is 11.8 Å². The fraction of sp³-hybridized carbons (Fsp3) is 0.667. The number of likely N-dealkylation sites (N-methyl/N-ethyl adjacent to an activating group) is 1. The predicted octanol–water partition coefficient (Wildman–Crippen LogP) is 0.582. The van der Waals surface area contributed by atoms with E-state index in [4.69, 9.17) is 0 Å². The number of allylic oxidation sites excluding steroid dienone is 1. The minimum Gasteiger partial charge on any atom is -0.356 e. The minimum absolute atomic E-state index is 0.0527. The van der Waals surface area contributed by atoms with Crippen molar-refractivity contribution in [3.05, 3.63) is 10.6 Å². The summed E-state index contributed by atoms with van der Waals surface area (Å²) < 4.78 is 0. The first-order chi connectivity index (χ1) is 6.54. The zero-order valence-electron chi connectivity index (χ0n) is 8.97. The number of amides is 1. The lowest BCUT2D eigenvalue weighted by atomic mass is 10.4. The summed E-state index contributed by atoms with van der Waals surface area (Å²) in [7, 11) is 1.64. The third-order valence-electron chi connectivity index (χ3n) is 1.86. The molecular weight excluding hydrogens is 198 g/mol. The van der Waals surface area contributed by atoms with Gasteiger partial charge in [0.25, 0.3) is 5.91 Å². The molecule has 0 saturated heterocycles. The summed E-state index contributed by atoms with van der Waals surface area (Å²) in [6, 6.07) is 0.400. The Bertz CT molecular complexity index is 263. The Morgan fingerprint density at radius 3 is 2.71 bits per heavy atom. The second-order valence-electron chi connectivity index (χ2n) is 3.47. The van der Waals surface area contributed by atoms with E-state index in [-0.39, 0.29) is 11.4 Å². The number of rotatable bonds is 3. The fourth-order valence-electron chi connectivity index (χ4n) is 1.23. The predicted molar refractivity (Wildman–Crippen MR) is 59.6 cm³/mol. The summed E-state index contributed by atoms with van der Waals surface area (Å²) >= 11 is 1.64. The van der Waals surface area contributed by atoms with Crippen LogP contribution in [-0.2, 0) is 4.79 Å². The largest absolute Gasteiger partial charge is 0.356 e. The maximum absolute atomic E-state index is 11.4. The van der Waals surface area contributed by atoms with Gasteiger partial charge in [-0.25, -0.2) is 0 Å². The highest BCUT2D eigenvalue weighted by Crippen LogP contribution is 2.28. The number of thioether (sulfide) groups is 1. The molecule has 0 saturated carbocycles. The standard InChI is InChI=1S/C9H17N3OS/c1-5(2)11-9-12-7(6(3)14-9)8(13)10-4/h5,9,11-12H,1-4H3,(H,10,13). The van der Waals surface area contributed by atoms with E-state index in [9.17, 15) is 4.79 Å². The van der Waals surface area contributed by atoms with Crippen molar-refractivity contribution in [2.24, 2.45) is 0 Å². The number of carbonyl (C=O) groups excluding carboxylic acids is 1. The van der Waals surface area contributed by atoms with Crippen LogP contribution in [0.3, 0.4) is 0 Å². The second-order valence-corrected chi connectivity index (χ2v) is 4.79. The molecule has 0 fully saturated rings. The summed E-state index contributed by atoms with van der Waals surface area (Å²) in [6.07, 6.45) is 0. The highest BCUT2D eigenvalue weighted by atomic mass is 32.2. The van der Waals surface area contributed by atoms with Crippen molar-refractivity contribution >= 4 is 17.7 Å². The van der Waals surface area contributed by atoms with Crippen LogP contribution in [0, 0.1) is 0 Å². The molecule has 14 heavy (non-hydrogen) atoms. The van der Waals surface area contributed by atoms with E-state index in [0.29, 0.717) is 11.7 Å². The Kier molecular flexibility index (Phi) is 3.83. The van der Waals surface area contributed by atoms with Crippen LogP contribution in [0.1, 0.15) is 20.8 Å². The molecule has 0 spiro atoms. The molecule has 1 unspecified atom stereocenters. The molecule has 1 rings (SSSR count).